The molecule has 2 unspecified atom stereocenters. The van der Waals surface area contributed by atoms with Gasteiger partial charge in [-0.15, -0.1) is 12.3 Å². The predicted molar refractivity (Wildman–Crippen MR) is 50.7 cm³/mol. The number of hydrogen-bond donors (Lipinski definition) is 2. The number of hydrogen-bond acceptors (Lipinski definition) is 4. The van der Waals surface area contributed by atoms with Crippen molar-refractivity contribution < 1.29 is 27.8 Å². The Kier molecular flexibility index (Phi) is 5.61. The molecule has 2 atom stereocenters. The maximum Gasteiger partial charge on any atom is 0.479 e. The van der Waals surface area contributed by atoms with Crippen LogP contribution in [0.2, 0.25) is 0 Å². The maximum atomic E-state index is 10.9. The first-order valence-electron chi connectivity index (χ1n) is 3.69. The highest BCUT2D eigenvalue weighted by Gasteiger charge is 2.29. The number of terminal acetylenes is 1. The molecule has 8 heteroatoms. The molecular weight excluding hydrogens is 230 g/mol. The largest absolute Gasteiger partial charge is 0.479 e. The van der Waals surface area contributed by atoms with Crippen molar-refractivity contribution in [2.45, 2.75) is 12.8 Å². The normalized spacial score (nSPS) is 19.3. The average molecular weight is 242 g/mol. The van der Waals surface area contributed by atoms with Crippen molar-refractivity contribution in [3.63, 3.8) is 0 Å². The van der Waals surface area contributed by atoms with Crippen molar-refractivity contribution in [3.8, 4) is 12.3 Å². The van der Waals surface area contributed by atoms with Gasteiger partial charge in [-0.05, 0) is 6.42 Å². The van der Waals surface area contributed by atoms with Gasteiger partial charge in [0.05, 0.1) is 6.61 Å². The summed E-state index contributed by atoms with van der Waals surface area (Å²) in [5.41, 5.74) is 0. The molecule has 0 saturated carbocycles. The summed E-state index contributed by atoms with van der Waals surface area (Å²) in [4.78, 5) is 17.5. The lowest BCUT2D eigenvalue weighted by Gasteiger charge is -2.12. The first kappa shape index (κ1) is 13.9. The van der Waals surface area contributed by atoms with Crippen LogP contribution in [0.15, 0.2) is 0 Å². The van der Waals surface area contributed by atoms with Gasteiger partial charge in [0.1, 0.15) is 0 Å². The van der Waals surface area contributed by atoms with Crippen LogP contribution < -0.4 is 0 Å². The molecule has 0 aliphatic rings. The van der Waals surface area contributed by atoms with Crippen LogP contribution in [0.1, 0.15) is 12.8 Å². The topological polar surface area (TPSA) is 93.1 Å². The van der Waals surface area contributed by atoms with Gasteiger partial charge in [0.15, 0.2) is 0 Å². The fourth-order valence-corrected chi connectivity index (χ4v) is 2.65. The van der Waals surface area contributed by atoms with E-state index < -0.39 is 15.4 Å². The van der Waals surface area contributed by atoms with Crippen LogP contribution in [0.4, 0.5) is 0 Å². The zero-order valence-electron chi connectivity index (χ0n) is 7.62. The van der Waals surface area contributed by atoms with E-state index in [1.54, 1.807) is 0 Å². The second-order valence-electron chi connectivity index (χ2n) is 2.49. The summed E-state index contributed by atoms with van der Waals surface area (Å²) < 4.78 is 29.9. The van der Waals surface area contributed by atoms with Crippen LogP contribution in [-0.2, 0) is 18.0 Å². The molecule has 0 aromatic rings. The Morgan fingerprint density at radius 1 is 1.43 bits per heavy atom. The molecule has 2 N–H and O–H groups in total. The Hall–Kier alpha value is -0.140. The Morgan fingerprint density at radius 2 is 2.00 bits per heavy atom. The third kappa shape index (κ3) is 8.46. The summed E-state index contributed by atoms with van der Waals surface area (Å²) in [6, 6.07) is 0. The first-order chi connectivity index (χ1) is 6.27. The molecule has 0 bridgehead atoms. The molecule has 0 rings (SSSR count). The minimum absolute atomic E-state index is 0.0992. The fraction of sp³-hybridized carbons (Fsp3) is 0.667. The number of rotatable bonds is 6. The van der Waals surface area contributed by atoms with Crippen LogP contribution in [0.25, 0.3) is 0 Å². The molecule has 0 aliphatic heterocycles. The quantitative estimate of drug-likeness (QED) is 0.415. The van der Waals surface area contributed by atoms with Gasteiger partial charge in [0.25, 0.3) is 0 Å². The lowest BCUT2D eigenvalue weighted by Crippen LogP contribution is -1.95. The first-order valence-corrected chi connectivity index (χ1v) is 7.21. The molecular formula is C6H12O6P2. The average Bonchev–Trinajstić information content (AvgIpc) is 1.93. The van der Waals surface area contributed by atoms with Gasteiger partial charge in [-0.25, -0.2) is 8.88 Å². The zero-order chi connectivity index (χ0) is 11.2. The Bertz CT molecular complexity index is 300. The summed E-state index contributed by atoms with van der Waals surface area (Å²) in [7, 11) is -8.46. The minimum atomic E-state index is -4.44. The van der Waals surface area contributed by atoms with Crippen molar-refractivity contribution >= 4 is 15.4 Å². The number of phosphoric ester groups is 1. The van der Waals surface area contributed by atoms with E-state index >= 15 is 0 Å². The van der Waals surface area contributed by atoms with Gasteiger partial charge in [-0.1, -0.05) is 0 Å². The Morgan fingerprint density at radius 3 is 2.43 bits per heavy atom. The number of unbranched alkanes of at least 4 members (excludes halogenated alkanes) is 1. The minimum Gasteiger partial charge on any atom is -0.324 e. The van der Waals surface area contributed by atoms with E-state index in [0.29, 0.717) is 12.8 Å². The maximum absolute atomic E-state index is 10.9. The zero-order valence-corrected chi connectivity index (χ0v) is 9.41. The molecule has 0 spiro atoms. The van der Waals surface area contributed by atoms with Crippen LogP contribution >= 0.6 is 15.4 Å². The highest BCUT2D eigenvalue weighted by atomic mass is 31.3. The van der Waals surface area contributed by atoms with E-state index in [2.05, 4.69) is 14.8 Å². The smallest absolute Gasteiger partial charge is 0.324 e. The van der Waals surface area contributed by atoms with Crippen LogP contribution in [0.5, 0.6) is 0 Å². The Labute approximate surface area is 82.4 Å². The molecule has 0 aliphatic carbocycles. The van der Waals surface area contributed by atoms with Crippen molar-refractivity contribution in [2.75, 3.05) is 13.3 Å². The molecule has 0 aromatic heterocycles. The third-order valence-electron chi connectivity index (χ3n) is 0.975. The van der Waals surface area contributed by atoms with Crippen LogP contribution in [-0.4, -0.2) is 23.1 Å². The van der Waals surface area contributed by atoms with Crippen molar-refractivity contribution in [3.05, 3.63) is 0 Å². The molecule has 0 aromatic carbocycles. The summed E-state index contributed by atoms with van der Waals surface area (Å²) in [6.07, 6.45) is 5.70. The molecule has 82 valence electrons. The van der Waals surface area contributed by atoms with Crippen molar-refractivity contribution in [1.82, 2.24) is 0 Å². The van der Waals surface area contributed by atoms with E-state index in [0.717, 1.165) is 6.66 Å². The summed E-state index contributed by atoms with van der Waals surface area (Å²) in [5, 5.41) is 0. The fourth-order valence-electron chi connectivity index (χ4n) is 0.569. The van der Waals surface area contributed by atoms with Gasteiger partial charge in [0, 0.05) is 13.1 Å². The summed E-state index contributed by atoms with van der Waals surface area (Å²) in [6.45, 7) is 0.693. The van der Waals surface area contributed by atoms with Crippen LogP contribution in [0.3, 0.4) is 0 Å². The number of phosphoric acid groups is 1. The molecule has 6 nitrogen and oxygen atoms in total. The molecule has 0 heterocycles. The van der Waals surface area contributed by atoms with Gasteiger partial charge >= 0.3 is 15.4 Å². The van der Waals surface area contributed by atoms with Crippen LogP contribution in [0, 0.1) is 12.3 Å². The molecule has 0 radical (unpaired) electrons. The van der Waals surface area contributed by atoms with Gasteiger partial charge in [-0.2, -0.15) is 0 Å². The molecule has 0 saturated heterocycles. The van der Waals surface area contributed by atoms with E-state index in [9.17, 15) is 9.13 Å². The van der Waals surface area contributed by atoms with Crippen molar-refractivity contribution in [1.29, 1.82) is 0 Å². The van der Waals surface area contributed by atoms with Gasteiger partial charge in [-0.3, -0.25) is 9.09 Å². The van der Waals surface area contributed by atoms with E-state index in [1.165, 1.54) is 0 Å². The monoisotopic (exact) mass is 242 g/mol. The van der Waals surface area contributed by atoms with Crippen molar-refractivity contribution in [2.24, 2.45) is 0 Å². The highest BCUT2D eigenvalue weighted by Crippen LogP contribution is 2.57. The van der Waals surface area contributed by atoms with E-state index in [-0.39, 0.29) is 6.61 Å². The lowest BCUT2D eigenvalue weighted by molar-refractivity contribution is 0.195. The molecule has 0 amide bonds. The van der Waals surface area contributed by atoms with E-state index in [4.69, 9.17) is 16.2 Å². The Balaban J connectivity index is 3.92. The SMILES string of the molecule is C#CCCCOP(=O)(O)OP(C)(=O)O. The highest BCUT2D eigenvalue weighted by molar-refractivity contribution is 7.63. The molecule has 14 heavy (non-hydrogen) atoms. The lowest BCUT2D eigenvalue weighted by atomic mass is 10.3. The summed E-state index contributed by atoms with van der Waals surface area (Å²) >= 11 is 0. The third-order valence-corrected chi connectivity index (χ3v) is 3.52. The van der Waals surface area contributed by atoms with E-state index in [1.807, 2.05) is 0 Å². The predicted octanol–water partition coefficient (Wildman–Crippen LogP) is 1.35. The van der Waals surface area contributed by atoms with Gasteiger partial charge < -0.3 is 9.79 Å². The van der Waals surface area contributed by atoms with Gasteiger partial charge in [0.2, 0.25) is 0 Å². The summed E-state index contributed by atoms with van der Waals surface area (Å²) in [5.74, 6) is 2.31. The molecule has 0 fully saturated rings. The standard InChI is InChI=1S/C6H12O6P2/c1-3-4-5-6-11-14(9,10)12-13(2,7)8/h1H,4-6H2,2H3,(H,7,8)(H,9,10). The second-order valence-corrected chi connectivity index (χ2v) is 5.95. The second kappa shape index (κ2) is 5.67.